The van der Waals surface area contributed by atoms with Crippen LogP contribution in [-0.2, 0) is 38.1 Å². The highest BCUT2D eigenvalue weighted by molar-refractivity contribution is 6.00. The Hall–Kier alpha value is -2.64. The lowest BCUT2D eigenvalue weighted by Gasteiger charge is -2.36. The van der Waals surface area contributed by atoms with E-state index in [0.717, 1.165) is 0 Å². The van der Waals surface area contributed by atoms with Gasteiger partial charge >= 0.3 is 23.9 Å². The van der Waals surface area contributed by atoms with Crippen molar-refractivity contribution in [1.29, 1.82) is 0 Å². The number of hydrogen-bond donors (Lipinski definition) is 0. The second kappa shape index (κ2) is 10.6. The van der Waals surface area contributed by atoms with E-state index in [9.17, 15) is 19.2 Å². The number of esters is 4. The first-order valence-corrected chi connectivity index (χ1v) is 8.99. The van der Waals surface area contributed by atoms with Gasteiger partial charge in [-0.1, -0.05) is 31.2 Å². The topological polar surface area (TPSA) is 105 Å². The molecule has 0 fully saturated rings. The molecule has 28 heavy (non-hydrogen) atoms. The molecule has 0 amide bonds. The first-order chi connectivity index (χ1) is 13.3. The van der Waals surface area contributed by atoms with Crippen molar-refractivity contribution in [2.24, 2.45) is 23.2 Å². The smallest absolute Gasteiger partial charge is 0.323 e. The van der Waals surface area contributed by atoms with Crippen molar-refractivity contribution < 1.29 is 38.1 Å². The zero-order valence-electron chi connectivity index (χ0n) is 16.9. The minimum Gasteiger partial charge on any atom is -0.468 e. The molecule has 0 aromatic heterocycles. The summed E-state index contributed by atoms with van der Waals surface area (Å²) in [5.41, 5.74) is -1.60. The van der Waals surface area contributed by atoms with Gasteiger partial charge in [-0.05, 0) is 25.2 Å². The normalized spacial score (nSPS) is 21.6. The lowest BCUT2D eigenvalue weighted by molar-refractivity contribution is -0.173. The molecule has 8 heteroatoms. The quantitative estimate of drug-likeness (QED) is 0.365. The molecule has 0 saturated carbocycles. The SMILES string of the molecule is CCC(C(=O)OC)(C(=O)OC)[C@H]1/C=C\C=C/C[C@@H](C(C(=O)OC)C(=O)OC)C1. The summed E-state index contributed by atoms with van der Waals surface area (Å²) in [6, 6.07) is 0. The molecule has 0 heterocycles. The van der Waals surface area contributed by atoms with E-state index in [1.807, 2.05) is 0 Å². The summed E-state index contributed by atoms with van der Waals surface area (Å²) in [6.45, 7) is 1.68. The van der Waals surface area contributed by atoms with Crippen LogP contribution in [0.5, 0.6) is 0 Å². The highest BCUT2D eigenvalue weighted by Gasteiger charge is 2.53. The summed E-state index contributed by atoms with van der Waals surface area (Å²) >= 11 is 0. The molecule has 1 aliphatic rings. The third-order valence-corrected chi connectivity index (χ3v) is 5.26. The van der Waals surface area contributed by atoms with Gasteiger partial charge in [-0.25, -0.2) is 0 Å². The lowest BCUT2D eigenvalue weighted by atomic mass is 9.67. The van der Waals surface area contributed by atoms with Crippen molar-refractivity contribution in [3.63, 3.8) is 0 Å². The van der Waals surface area contributed by atoms with E-state index >= 15 is 0 Å². The maximum Gasteiger partial charge on any atom is 0.323 e. The van der Waals surface area contributed by atoms with Gasteiger partial charge in [0.1, 0.15) is 0 Å². The first kappa shape index (κ1) is 23.4. The Balaban J connectivity index is 3.46. The molecule has 8 nitrogen and oxygen atoms in total. The predicted molar refractivity (Wildman–Crippen MR) is 98.8 cm³/mol. The molecule has 0 saturated heterocycles. The molecule has 2 atom stereocenters. The Labute approximate surface area is 164 Å². The van der Waals surface area contributed by atoms with Crippen molar-refractivity contribution in [1.82, 2.24) is 0 Å². The van der Waals surface area contributed by atoms with Gasteiger partial charge in [0, 0.05) is 5.92 Å². The van der Waals surface area contributed by atoms with Crippen LogP contribution in [-0.4, -0.2) is 52.3 Å². The van der Waals surface area contributed by atoms with Gasteiger partial charge in [0.2, 0.25) is 0 Å². The second-order valence-electron chi connectivity index (χ2n) is 6.48. The highest BCUT2D eigenvalue weighted by atomic mass is 16.6. The maximum atomic E-state index is 12.7. The third-order valence-electron chi connectivity index (χ3n) is 5.26. The van der Waals surface area contributed by atoms with Crippen LogP contribution < -0.4 is 0 Å². The summed E-state index contributed by atoms with van der Waals surface area (Å²) in [4.78, 5) is 49.9. The number of allylic oxidation sites excluding steroid dienone is 4. The molecule has 0 aromatic carbocycles. The largest absolute Gasteiger partial charge is 0.468 e. The van der Waals surface area contributed by atoms with E-state index in [1.54, 1.807) is 31.2 Å². The molecular formula is C20H28O8. The van der Waals surface area contributed by atoms with Crippen LogP contribution in [0.25, 0.3) is 0 Å². The summed E-state index contributed by atoms with van der Waals surface area (Å²) in [5.74, 6) is -5.31. The summed E-state index contributed by atoms with van der Waals surface area (Å²) < 4.78 is 19.4. The number of hydrogen-bond acceptors (Lipinski definition) is 8. The Morgan fingerprint density at radius 2 is 1.46 bits per heavy atom. The first-order valence-electron chi connectivity index (χ1n) is 8.99. The fourth-order valence-electron chi connectivity index (χ4n) is 3.71. The lowest BCUT2D eigenvalue weighted by Crippen LogP contribution is -2.48. The van der Waals surface area contributed by atoms with E-state index in [-0.39, 0.29) is 12.8 Å². The van der Waals surface area contributed by atoms with Crippen LogP contribution in [0.15, 0.2) is 24.3 Å². The molecule has 0 radical (unpaired) electrons. The Bertz CT molecular complexity index is 617. The fourth-order valence-corrected chi connectivity index (χ4v) is 3.71. The number of carbonyl (C=O) groups is 4. The van der Waals surface area contributed by atoms with E-state index in [0.29, 0.717) is 6.42 Å². The Kier molecular flexibility index (Phi) is 8.88. The van der Waals surface area contributed by atoms with Gasteiger partial charge in [0.05, 0.1) is 28.4 Å². The Morgan fingerprint density at radius 3 is 1.89 bits per heavy atom. The van der Waals surface area contributed by atoms with Crippen LogP contribution >= 0.6 is 0 Å². The molecule has 0 unspecified atom stereocenters. The van der Waals surface area contributed by atoms with Crippen molar-refractivity contribution in [3.8, 4) is 0 Å². The maximum absolute atomic E-state index is 12.7. The molecule has 0 bridgehead atoms. The fraction of sp³-hybridized carbons (Fsp3) is 0.600. The van der Waals surface area contributed by atoms with Crippen LogP contribution in [0.2, 0.25) is 0 Å². The molecule has 0 N–H and O–H groups in total. The molecule has 1 rings (SSSR count). The van der Waals surface area contributed by atoms with Crippen molar-refractivity contribution in [2.75, 3.05) is 28.4 Å². The average molecular weight is 396 g/mol. The van der Waals surface area contributed by atoms with Crippen molar-refractivity contribution >= 4 is 23.9 Å². The summed E-state index contributed by atoms with van der Waals surface area (Å²) in [7, 11) is 4.78. The summed E-state index contributed by atoms with van der Waals surface area (Å²) in [6.07, 6.45) is 7.62. The molecule has 156 valence electrons. The van der Waals surface area contributed by atoms with Crippen molar-refractivity contribution in [2.45, 2.75) is 26.2 Å². The van der Waals surface area contributed by atoms with E-state index in [1.165, 1.54) is 28.4 Å². The van der Waals surface area contributed by atoms with Gasteiger partial charge in [-0.15, -0.1) is 0 Å². The van der Waals surface area contributed by atoms with Gasteiger partial charge in [-0.3, -0.25) is 19.2 Å². The van der Waals surface area contributed by atoms with E-state index in [2.05, 4.69) is 0 Å². The minimum atomic E-state index is -1.60. The molecular weight excluding hydrogens is 368 g/mol. The molecule has 0 spiro atoms. The third kappa shape index (κ3) is 4.61. The Morgan fingerprint density at radius 1 is 0.929 bits per heavy atom. The number of carbonyl (C=O) groups excluding carboxylic acids is 4. The van der Waals surface area contributed by atoms with Crippen LogP contribution in [0.3, 0.4) is 0 Å². The molecule has 0 aromatic rings. The average Bonchev–Trinajstić information content (AvgIpc) is 2.70. The molecule has 1 aliphatic carbocycles. The number of ether oxygens (including phenoxy) is 4. The standard InChI is InChI=1S/C20H28O8/c1-6-20(18(23)27-4,19(24)28-5)14-11-9-7-8-10-13(12-14)15(16(21)25-2)17(22)26-3/h7-9,11,13-15H,6,10,12H2,1-5H3/b8-7-,11-9-/t13-,14+/m1/s1. The number of methoxy groups -OCH3 is 4. The predicted octanol–water partition coefficient (Wildman–Crippen LogP) is 1.83. The van der Waals surface area contributed by atoms with E-state index < -0.39 is 47.0 Å². The highest BCUT2D eigenvalue weighted by Crippen LogP contribution is 2.42. The van der Waals surface area contributed by atoms with Gasteiger partial charge in [0.15, 0.2) is 11.3 Å². The number of rotatable bonds is 7. The zero-order valence-corrected chi connectivity index (χ0v) is 16.9. The zero-order chi connectivity index (χ0) is 21.3. The van der Waals surface area contributed by atoms with Gasteiger partial charge in [0.25, 0.3) is 0 Å². The summed E-state index contributed by atoms with van der Waals surface area (Å²) in [5, 5.41) is 0. The monoisotopic (exact) mass is 396 g/mol. The van der Waals surface area contributed by atoms with Crippen LogP contribution in [0, 0.1) is 23.2 Å². The molecule has 0 aliphatic heterocycles. The van der Waals surface area contributed by atoms with Gasteiger partial charge in [-0.2, -0.15) is 0 Å². The second-order valence-corrected chi connectivity index (χ2v) is 6.48. The minimum absolute atomic E-state index is 0.124. The van der Waals surface area contributed by atoms with Crippen LogP contribution in [0.4, 0.5) is 0 Å². The van der Waals surface area contributed by atoms with Crippen molar-refractivity contribution in [3.05, 3.63) is 24.3 Å². The van der Waals surface area contributed by atoms with Crippen LogP contribution in [0.1, 0.15) is 26.2 Å². The van der Waals surface area contributed by atoms with Gasteiger partial charge < -0.3 is 18.9 Å². The van der Waals surface area contributed by atoms with E-state index in [4.69, 9.17) is 18.9 Å².